The van der Waals surface area contributed by atoms with E-state index in [2.05, 4.69) is 5.32 Å². The Morgan fingerprint density at radius 2 is 1.79 bits per heavy atom. The molecule has 0 bridgehead atoms. The maximum absolute atomic E-state index is 12.7. The van der Waals surface area contributed by atoms with Gasteiger partial charge in [0.2, 0.25) is 0 Å². The van der Waals surface area contributed by atoms with E-state index in [-0.39, 0.29) is 22.2 Å². The first kappa shape index (κ1) is 20.7. The number of phenolic OH excluding ortho intramolecular Hbond substituents is 1. The molecular formula is C21H20AsNO6. The van der Waals surface area contributed by atoms with Gasteiger partial charge >= 0.3 is 170 Å². The van der Waals surface area contributed by atoms with Crippen molar-refractivity contribution in [2.45, 2.75) is 19.8 Å². The second kappa shape index (κ2) is 8.55. The predicted octanol–water partition coefficient (Wildman–Crippen LogP) is 2.25. The van der Waals surface area contributed by atoms with Crippen LogP contribution in [0.1, 0.15) is 18.9 Å². The molecule has 8 heteroatoms. The third-order valence-electron chi connectivity index (χ3n) is 4.30. The fourth-order valence-electron chi connectivity index (χ4n) is 3.04. The molecule has 0 saturated carbocycles. The number of aromatic hydroxyl groups is 1. The average Bonchev–Trinajstić information content (AvgIpc) is 2.65. The molecule has 1 atom stereocenters. The van der Waals surface area contributed by atoms with Gasteiger partial charge < -0.3 is 0 Å². The summed E-state index contributed by atoms with van der Waals surface area (Å²) in [5.74, 6) is -1.50. The zero-order valence-corrected chi connectivity index (χ0v) is 17.5. The van der Waals surface area contributed by atoms with Crippen LogP contribution in [0.3, 0.4) is 0 Å². The standard InChI is InChI=1S/C21H20AsNO6/c1-14(24)23-20-13-17(25)10-11-19(20)22(27,28)29-21(26)12-9-16-7-4-6-15-5-2-3-8-18(15)16/h2-8,10-11,13,25H,9,12H2,1H3,(H,23,24)(H,27,28). The van der Waals surface area contributed by atoms with E-state index in [4.69, 9.17) is 3.73 Å². The number of benzene rings is 3. The molecule has 0 aliphatic heterocycles. The van der Waals surface area contributed by atoms with E-state index in [0.29, 0.717) is 6.42 Å². The minimum atomic E-state index is -5.29. The van der Waals surface area contributed by atoms with Crippen LogP contribution in [0, 0.1) is 0 Å². The van der Waals surface area contributed by atoms with Crippen molar-refractivity contribution in [1.82, 2.24) is 0 Å². The van der Waals surface area contributed by atoms with Gasteiger partial charge in [-0.25, -0.2) is 0 Å². The van der Waals surface area contributed by atoms with E-state index in [0.717, 1.165) is 22.4 Å². The number of nitrogens with one attached hydrogen (secondary N) is 1. The Labute approximate surface area is 170 Å². The summed E-state index contributed by atoms with van der Waals surface area (Å²) < 4.78 is 27.8. The van der Waals surface area contributed by atoms with Gasteiger partial charge in [-0.05, 0) is 0 Å². The number of carbonyl (C=O) groups is 2. The number of fused-ring (bicyclic) bond motifs is 1. The van der Waals surface area contributed by atoms with Gasteiger partial charge in [0.05, 0.1) is 0 Å². The van der Waals surface area contributed by atoms with E-state index >= 15 is 0 Å². The molecule has 0 heterocycles. The average molecular weight is 457 g/mol. The van der Waals surface area contributed by atoms with Crippen LogP contribution in [0.4, 0.5) is 5.69 Å². The molecule has 0 saturated heterocycles. The Bertz CT molecular complexity index is 1120. The summed E-state index contributed by atoms with van der Waals surface area (Å²) in [6, 6.07) is 17.0. The monoisotopic (exact) mass is 457 g/mol. The first-order valence-corrected chi connectivity index (χ1v) is 12.2. The molecule has 0 spiro atoms. The molecule has 7 nitrogen and oxygen atoms in total. The van der Waals surface area contributed by atoms with Crippen LogP contribution in [0.25, 0.3) is 10.8 Å². The molecule has 0 aromatic heterocycles. The SMILES string of the molecule is CC(=O)Nc1cc(O)ccc1[As](=O)(O)OC(=O)CCc1cccc2ccccc12. The number of anilines is 1. The molecule has 1 unspecified atom stereocenters. The second-order valence-electron chi connectivity index (χ2n) is 6.50. The van der Waals surface area contributed by atoms with Crippen molar-refractivity contribution < 1.29 is 26.3 Å². The van der Waals surface area contributed by atoms with E-state index < -0.39 is 26.0 Å². The molecule has 29 heavy (non-hydrogen) atoms. The molecular weight excluding hydrogens is 437 g/mol. The number of hydrogen-bond donors (Lipinski definition) is 3. The zero-order valence-electron chi connectivity index (χ0n) is 15.7. The molecule has 1 amide bonds. The Morgan fingerprint density at radius 1 is 1.07 bits per heavy atom. The quantitative estimate of drug-likeness (QED) is 0.490. The van der Waals surface area contributed by atoms with Crippen molar-refractivity contribution in [3.05, 3.63) is 66.2 Å². The third-order valence-corrected chi connectivity index (χ3v) is 7.34. The topological polar surface area (TPSA) is 113 Å². The summed E-state index contributed by atoms with van der Waals surface area (Å²) >= 11 is -5.29. The third kappa shape index (κ3) is 5.07. The molecule has 150 valence electrons. The van der Waals surface area contributed by atoms with Crippen LogP contribution < -0.4 is 9.67 Å². The first-order chi connectivity index (χ1) is 13.8. The number of carbonyl (C=O) groups excluding carboxylic acids is 2. The van der Waals surface area contributed by atoms with Gasteiger partial charge in [-0.15, -0.1) is 0 Å². The Kier molecular flexibility index (Phi) is 6.11. The van der Waals surface area contributed by atoms with Crippen molar-refractivity contribution in [1.29, 1.82) is 0 Å². The van der Waals surface area contributed by atoms with E-state index in [1.807, 2.05) is 42.5 Å². The van der Waals surface area contributed by atoms with Crippen molar-refractivity contribution in [3.63, 3.8) is 0 Å². The number of aryl methyl sites for hydroxylation is 1. The fourth-order valence-corrected chi connectivity index (χ4v) is 5.46. The van der Waals surface area contributed by atoms with Crippen molar-refractivity contribution in [2.24, 2.45) is 0 Å². The van der Waals surface area contributed by atoms with Gasteiger partial charge in [0, 0.05) is 0 Å². The summed E-state index contributed by atoms with van der Waals surface area (Å²) in [4.78, 5) is 23.6. The van der Waals surface area contributed by atoms with Crippen molar-refractivity contribution >= 4 is 46.9 Å². The molecule has 0 aliphatic rings. The molecule has 3 aromatic carbocycles. The van der Waals surface area contributed by atoms with Crippen LogP contribution >= 0.6 is 0 Å². The maximum atomic E-state index is 12.7. The van der Waals surface area contributed by atoms with Crippen LogP contribution in [0.5, 0.6) is 5.75 Å². The zero-order chi connectivity index (χ0) is 21.0. The predicted molar refractivity (Wildman–Crippen MR) is 109 cm³/mol. The first-order valence-electron chi connectivity index (χ1n) is 8.89. The summed E-state index contributed by atoms with van der Waals surface area (Å²) in [5, 5.41) is 14.0. The van der Waals surface area contributed by atoms with Crippen molar-refractivity contribution in [2.75, 3.05) is 5.32 Å². The summed E-state index contributed by atoms with van der Waals surface area (Å²) in [5.41, 5.74) is 0.869. The van der Waals surface area contributed by atoms with Gasteiger partial charge in [-0.2, -0.15) is 0 Å². The summed E-state index contributed by atoms with van der Waals surface area (Å²) in [7, 11) is 0. The second-order valence-corrected chi connectivity index (χ2v) is 10.1. The minimum absolute atomic E-state index is 0.0654. The number of rotatable bonds is 6. The van der Waals surface area contributed by atoms with E-state index in [1.165, 1.54) is 19.1 Å². The molecule has 0 aliphatic carbocycles. The Morgan fingerprint density at radius 3 is 2.55 bits per heavy atom. The van der Waals surface area contributed by atoms with Crippen molar-refractivity contribution in [3.8, 4) is 5.75 Å². The molecule has 0 radical (unpaired) electrons. The Hall–Kier alpha value is -3.02. The van der Waals surface area contributed by atoms with E-state index in [9.17, 15) is 22.5 Å². The molecule has 3 aromatic rings. The van der Waals surface area contributed by atoms with Crippen LogP contribution in [0.2, 0.25) is 0 Å². The van der Waals surface area contributed by atoms with Gasteiger partial charge in [-0.3, -0.25) is 0 Å². The number of amides is 1. The summed E-state index contributed by atoms with van der Waals surface area (Å²) in [6.07, 6.45) is 0.275. The van der Waals surface area contributed by atoms with E-state index in [1.54, 1.807) is 0 Å². The van der Waals surface area contributed by atoms with Gasteiger partial charge in [0.1, 0.15) is 0 Å². The van der Waals surface area contributed by atoms with Gasteiger partial charge in [0.15, 0.2) is 0 Å². The Balaban J connectivity index is 1.74. The van der Waals surface area contributed by atoms with Gasteiger partial charge in [-0.1, -0.05) is 0 Å². The molecule has 0 fully saturated rings. The fraction of sp³-hybridized carbons (Fsp3) is 0.143. The normalized spacial score (nSPS) is 12.9. The van der Waals surface area contributed by atoms with Gasteiger partial charge in [0.25, 0.3) is 0 Å². The summed E-state index contributed by atoms with van der Waals surface area (Å²) in [6.45, 7) is 1.22. The number of hydrogen-bond acceptors (Lipinski definition) is 5. The molecule has 3 rings (SSSR count). The van der Waals surface area contributed by atoms with Crippen LogP contribution in [-0.4, -0.2) is 35.3 Å². The molecule has 3 N–H and O–H groups in total. The van der Waals surface area contributed by atoms with Crippen LogP contribution in [0.15, 0.2) is 60.7 Å². The number of phenols is 1. The van der Waals surface area contributed by atoms with Crippen LogP contribution in [-0.2, 0) is 23.5 Å².